The molecule has 2 aliphatic carbocycles. The van der Waals surface area contributed by atoms with Crippen LogP contribution in [-0.4, -0.2) is 107 Å². The molecule has 508 valence electrons. The number of rotatable bonds is 22. The molecule has 6 aromatic rings. The Balaban J connectivity index is 0.000000180. The van der Waals surface area contributed by atoms with E-state index in [0.29, 0.717) is 74.5 Å². The summed E-state index contributed by atoms with van der Waals surface area (Å²) in [6.07, 6.45) is 18.7. The van der Waals surface area contributed by atoms with Gasteiger partial charge in [0.05, 0.1) is 12.2 Å². The average molecular weight is 1280 g/mol. The van der Waals surface area contributed by atoms with Gasteiger partial charge in [0, 0.05) is 98.8 Å². The van der Waals surface area contributed by atoms with Crippen LogP contribution in [-0.2, 0) is 19.2 Å². The molecule has 4 fully saturated rings. The Labute approximate surface area is 565 Å². The van der Waals surface area contributed by atoms with Gasteiger partial charge >= 0.3 is 0 Å². The molecule has 6 aromatic carbocycles. The maximum absolute atomic E-state index is 12.7. The van der Waals surface area contributed by atoms with Crippen molar-refractivity contribution in [2.24, 2.45) is 23.7 Å². The summed E-state index contributed by atoms with van der Waals surface area (Å²) in [4.78, 5) is 62.8. The quantitative estimate of drug-likeness (QED) is 0.0688. The molecule has 8 atom stereocenters. The molecule has 10 rings (SSSR count). The maximum Gasteiger partial charge on any atom is 0.226 e. The first-order valence-corrected chi connectivity index (χ1v) is 36.1. The number of aliphatic hydroxyl groups is 2. The Morgan fingerprint density at radius 3 is 0.809 bits per heavy atom. The minimum atomic E-state index is -0.474. The predicted molar refractivity (Wildman–Crippen MR) is 389 cm³/mol. The second-order valence-electron chi connectivity index (χ2n) is 26.7. The van der Waals surface area contributed by atoms with Crippen molar-refractivity contribution in [2.75, 3.05) is 58.9 Å². The van der Waals surface area contributed by atoms with E-state index in [9.17, 15) is 29.4 Å². The van der Waals surface area contributed by atoms with E-state index in [-0.39, 0.29) is 35.7 Å². The first kappa shape index (κ1) is 74.4. The summed E-state index contributed by atoms with van der Waals surface area (Å²) < 4.78 is 0. The van der Waals surface area contributed by atoms with Gasteiger partial charge in [-0.3, -0.25) is 19.2 Å². The van der Waals surface area contributed by atoms with E-state index in [1.807, 2.05) is 229 Å². The molecule has 12 heteroatoms. The molecule has 0 radical (unpaired) electrons. The maximum atomic E-state index is 12.7. The summed E-state index contributed by atoms with van der Waals surface area (Å²) in [6.45, 7) is 21.6. The van der Waals surface area contributed by atoms with Crippen LogP contribution in [0.5, 0.6) is 0 Å². The topological polar surface area (TPSA) is 128 Å². The molecule has 0 spiro atoms. The van der Waals surface area contributed by atoms with Crippen molar-refractivity contribution in [3.63, 3.8) is 0 Å². The fourth-order valence-corrected chi connectivity index (χ4v) is 14.9. The minimum absolute atomic E-state index is 0.131. The third kappa shape index (κ3) is 22.1. The highest BCUT2D eigenvalue weighted by atomic mass is 16.3. The molecule has 12 nitrogen and oxygen atoms in total. The predicted octanol–water partition coefficient (Wildman–Crippen LogP) is 17.3. The number of anilines is 4. The fourth-order valence-electron chi connectivity index (χ4n) is 14.9. The Hall–Kier alpha value is -6.96. The van der Waals surface area contributed by atoms with Crippen LogP contribution in [0.25, 0.3) is 0 Å². The number of para-hydroxylation sites is 4. The van der Waals surface area contributed by atoms with Crippen LogP contribution in [0, 0.1) is 23.7 Å². The number of carbonyl (C=O) groups is 4. The van der Waals surface area contributed by atoms with E-state index in [1.54, 1.807) is 0 Å². The highest BCUT2D eigenvalue weighted by molar-refractivity contribution is 5.95. The van der Waals surface area contributed by atoms with Crippen molar-refractivity contribution >= 4 is 46.4 Å². The summed E-state index contributed by atoms with van der Waals surface area (Å²) in [6, 6.07) is 60.8. The van der Waals surface area contributed by atoms with E-state index < -0.39 is 12.2 Å². The van der Waals surface area contributed by atoms with Gasteiger partial charge in [0.15, 0.2) is 0 Å². The van der Waals surface area contributed by atoms with Crippen LogP contribution < -0.4 is 19.6 Å². The van der Waals surface area contributed by atoms with Crippen molar-refractivity contribution in [1.82, 2.24) is 9.80 Å². The second kappa shape index (κ2) is 39.8. The van der Waals surface area contributed by atoms with Crippen molar-refractivity contribution in [3.05, 3.63) is 193 Å². The summed E-state index contributed by atoms with van der Waals surface area (Å²) >= 11 is 0. The minimum Gasteiger partial charge on any atom is -0.387 e. The van der Waals surface area contributed by atoms with Crippen LogP contribution in [0.2, 0.25) is 0 Å². The molecule has 4 aliphatic rings. The average Bonchev–Trinajstić information content (AvgIpc) is 0.952. The van der Waals surface area contributed by atoms with Gasteiger partial charge in [-0.2, -0.15) is 0 Å². The summed E-state index contributed by atoms with van der Waals surface area (Å²) in [5, 5.41) is 21.2. The summed E-state index contributed by atoms with van der Waals surface area (Å²) in [5.41, 5.74) is 5.97. The lowest BCUT2D eigenvalue weighted by atomic mass is 9.83. The number of hydrogen-bond acceptors (Lipinski definition) is 8. The molecule has 2 N–H and O–H groups in total. The number of amides is 4. The molecule has 2 saturated heterocycles. The van der Waals surface area contributed by atoms with Gasteiger partial charge < -0.3 is 39.6 Å². The lowest BCUT2D eigenvalue weighted by Crippen LogP contribution is -2.49. The number of carbonyl (C=O) groups excluding carboxylic acids is 4. The van der Waals surface area contributed by atoms with Gasteiger partial charge in [-0.1, -0.05) is 200 Å². The van der Waals surface area contributed by atoms with Gasteiger partial charge in [0.2, 0.25) is 23.6 Å². The lowest BCUT2D eigenvalue weighted by molar-refractivity contribution is -0.119. The zero-order valence-corrected chi connectivity index (χ0v) is 58.3. The smallest absolute Gasteiger partial charge is 0.226 e. The highest BCUT2D eigenvalue weighted by Crippen LogP contribution is 2.35. The van der Waals surface area contributed by atoms with Gasteiger partial charge in [-0.05, 0) is 175 Å². The molecular weight excluding hydrogens is 1160 g/mol. The van der Waals surface area contributed by atoms with Crippen LogP contribution in [0.3, 0.4) is 0 Å². The first-order chi connectivity index (χ1) is 45.7. The number of nitrogens with zero attached hydrogens (tertiary/aromatic N) is 6. The van der Waals surface area contributed by atoms with Crippen LogP contribution >= 0.6 is 0 Å². The highest BCUT2D eigenvalue weighted by Gasteiger charge is 2.35. The molecule has 2 heterocycles. The largest absolute Gasteiger partial charge is 0.387 e. The normalized spacial score (nSPS) is 19.0. The van der Waals surface area contributed by atoms with Crippen LogP contribution in [0.1, 0.15) is 194 Å². The second-order valence-corrected chi connectivity index (χ2v) is 26.7. The first-order valence-electron chi connectivity index (χ1n) is 36.1. The van der Waals surface area contributed by atoms with Gasteiger partial charge in [0.25, 0.3) is 0 Å². The molecule has 2 saturated carbocycles. The van der Waals surface area contributed by atoms with E-state index in [0.717, 1.165) is 85.7 Å². The number of hydrogen-bond donors (Lipinski definition) is 2. The molecule has 4 amide bonds. The van der Waals surface area contributed by atoms with Crippen molar-refractivity contribution < 1.29 is 29.4 Å². The number of aliphatic hydroxyl groups excluding tert-OH is 2. The van der Waals surface area contributed by atoms with Crippen LogP contribution in [0.15, 0.2) is 182 Å². The third-order valence-corrected chi connectivity index (χ3v) is 20.4. The van der Waals surface area contributed by atoms with Crippen molar-refractivity contribution in [3.8, 4) is 0 Å². The number of likely N-dealkylation sites (tertiary alicyclic amines) is 2. The van der Waals surface area contributed by atoms with Gasteiger partial charge in [-0.25, -0.2) is 0 Å². The Morgan fingerprint density at radius 2 is 0.564 bits per heavy atom. The van der Waals surface area contributed by atoms with Crippen molar-refractivity contribution in [1.29, 1.82) is 0 Å². The molecular formula is C82H114N6O6. The molecule has 94 heavy (non-hydrogen) atoms. The molecule has 0 bridgehead atoms. The Kier molecular flexibility index (Phi) is 31.5. The lowest BCUT2D eigenvalue weighted by Gasteiger charge is -2.41. The monoisotopic (exact) mass is 1280 g/mol. The van der Waals surface area contributed by atoms with E-state index in [4.69, 9.17) is 0 Å². The van der Waals surface area contributed by atoms with E-state index in [1.165, 1.54) is 64.2 Å². The number of benzene rings is 6. The summed E-state index contributed by atoms with van der Waals surface area (Å²) in [7, 11) is 0. The SMILES string of the molecule is CCC(=O)N(c1ccccc1)[C@H](C)C1CCCCC1.CCC(=O)N(c1ccccc1)[C@H](C)C1CCCCC1.CCC(=O)N(c1ccccc1)[C@H](C)C1CCCN(CC(O)c2ccccc2)C1.CCC(=O)N(c1ccccc1)[C@H](C)C1CCCN(C[C@H](O)c2ccccc2)C1. The van der Waals surface area contributed by atoms with Gasteiger partial charge in [-0.15, -0.1) is 0 Å². The third-order valence-electron chi connectivity index (χ3n) is 20.4. The molecule has 3 unspecified atom stereocenters. The zero-order chi connectivity index (χ0) is 67.2. The van der Waals surface area contributed by atoms with Gasteiger partial charge in [0.1, 0.15) is 0 Å². The molecule has 0 aromatic heterocycles. The fraction of sp³-hybridized carbons (Fsp3) is 0.512. The Bertz CT molecular complexity index is 2870. The number of piperidine rings is 2. The summed E-state index contributed by atoms with van der Waals surface area (Å²) in [5.74, 6) is 2.92. The number of β-amino-alcohol motifs (C(OH)–C–C–N with tert-alkyl or cyclic N) is 2. The van der Waals surface area contributed by atoms with Crippen LogP contribution in [0.4, 0.5) is 22.7 Å². The van der Waals surface area contributed by atoms with Crippen molar-refractivity contribution in [2.45, 2.75) is 207 Å². The molecule has 2 aliphatic heterocycles. The standard InChI is InChI=1S/2C24H32N2O2.2C17H25NO/c2*1-3-24(28)26(22-14-8-5-9-15-22)19(2)21-13-10-16-25(17-21)18-23(27)20-11-6-4-7-12-20;2*1-3-17(19)18(16-12-8-5-9-13-16)14(2)15-10-6-4-7-11-15/h2*4-9,11-12,14-15,19,21,23,27H,3,10,13,16-18H2,1-2H3;2*5,8-9,12-15H,3-4,6-7,10-11H2,1-2H3/t19-,21?,23?;19-,21?,23+;2*14-/m1111/s1. The Morgan fingerprint density at radius 1 is 0.340 bits per heavy atom. The zero-order valence-electron chi connectivity index (χ0n) is 58.3. The van der Waals surface area contributed by atoms with E-state index >= 15 is 0 Å². The van der Waals surface area contributed by atoms with E-state index in [2.05, 4.69) is 37.5 Å².